The Labute approximate surface area is 181 Å². The molecular formula is C23H28N4O2S. The number of hydrogen-bond donors (Lipinski definition) is 1. The Hall–Kier alpha value is -2.67. The van der Waals surface area contributed by atoms with Gasteiger partial charge in [-0.3, -0.25) is 4.79 Å². The van der Waals surface area contributed by atoms with Crippen molar-refractivity contribution >= 4 is 33.3 Å². The molecule has 3 heterocycles. The van der Waals surface area contributed by atoms with Crippen LogP contribution in [0.25, 0.3) is 10.2 Å². The van der Waals surface area contributed by atoms with Crippen LogP contribution in [0.15, 0.2) is 30.6 Å². The van der Waals surface area contributed by atoms with Crippen LogP contribution in [0, 0.1) is 6.92 Å². The number of thiophene rings is 1. The van der Waals surface area contributed by atoms with Gasteiger partial charge in [-0.1, -0.05) is 12.1 Å². The number of anilines is 1. The zero-order valence-electron chi connectivity index (χ0n) is 17.8. The summed E-state index contributed by atoms with van der Waals surface area (Å²) in [5.74, 6) is 1.79. The number of benzene rings is 1. The van der Waals surface area contributed by atoms with Crippen molar-refractivity contribution in [3.8, 4) is 5.75 Å². The molecule has 0 unspecified atom stereocenters. The Morgan fingerprint density at radius 3 is 2.80 bits per heavy atom. The van der Waals surface area contributed by atoms with Gasteiger partial charge in [-0.05, 0) is 62.8 Å². The quantitative estimate of drug-likeness (QED) is 0.622. The second-order valence-electron chi connectivity index (χ2n) is 7.83. The number of nitrogens with zero attached hydrogens (tertiary/aromatic N) is 3. The number of piperidine rings is 1. The molecule has 2 aromatic heterocycles. The maximum absolute atomic E-state index is 13.2. The molecule has 7 heteroatoms. The Bertz CT molecular complexity index is 1030. The Kier molecular flexibility index (Phi) is 6.18. The van der Waals surface area contributed by atoms with E-state index in [-0.39, 0.29) is 5.91 Å². The zero-order chi connectivity index (χ0) is 21.1. The standard InChI is InChI=1S/C23H28N4O2S/c1-15-6-4-5-13-27(15)23(28)20-16(2)19-21(25-14-26-22(19)30-20)24-12-11-17-7-9-18(29-3)10-8-17/h7-10,14-15H,4-6,11-13H2,1-3H3,(H,24,25,26)/t15-/m0/s1. The number of methoxy groups -OCH3 is 1. The summed E-state index contributed by atoms with van der Waals surface area (Å²) in [6.07, 6.45) is 5.80. The van der Waals surface area contributed by atoms with Gasteiger partial charge in [0.25, 0.3) is 5.91 Å². The Morgan fingerprint density at radius 1 is 1.27 bits per heavy atom. The van der Waals surface area contributed by atoms with Crippen molar-refractivity contribution in [3.05, 3.63) is 46.6 Å². The molecule has 1 aliphatic heterocycles. The zero-order valence-corrected chi connectivity index (χ0v) is 18.6. The maximum atomic E-state index is 13.2. The van der Waals surface area contributed by atoms with Crippen LogP contribution < -0.4 is 10.1 Å². The third-order valence-corrected chi connectivity index (χ3v) is 7.04. The van der Waals surface area contributed by atoms with Crippen LogP contribution in [0.2, 0.25) is 0 Å². The molecule has 1 saturated heterocycles. The number of carbonyl (C=O) groups excluding carboxylic acids is 1. The normalized spacial score (nSPS) is 16.6. The summed E-state index contributed by atoms with van der Waals surface area (Å²) >= 11 is 1.48. The van der Waals surface area contributed by atoms with Gasteiger partial charge in [0.05, 0.1) is 17.4 Å². The molecular weight excluding hydrogens is 396 g/mol. The highest BCUT2D eigenvalue weighted by atomic mass is 32.1. The molecule has 1 aromatic carbocycles. The highest BCUT2D eigenvalue weighted by Crippen LogP contribution is 2.35. The van der Waals surface area contributed by atoms with Crippen LogP contribution in [0.5, 0.6) is 5.75 Å². The molecule has 1 aliphatic rings. The lowest BCUT2D eigenvalue weighted by Crippen LogP contribution is -2.41. The predicted molar refractivity (Wildman–Crippen MR) is 122 cm³/mol. The van der Waals surface area contributed by atoms with Gasteiger partial charge < -0.3 is 15.0 Å². The largest absolute Gasteiger partial charge is 0.497 e. The van der Waals surface area contributed by atoms with Crippen LogP contribution in [-0.2, 0) is 6.42 Å². The van der Waals surface area contributed by atoms with Gasteiger partial charge in [-0.2, -0.15) is 0 Å². The van der Waals surface area contributed by atoms with E-state index in [1.807, 2.05) is 24.0 Å². The summed E-state index contributed by atoms with van der Waals surface area (Å²) < 4.78 is 5.21. The summed E-state index contributed by atoms with van der Waals surface area (Å²) in [6.45, 7) is 5.75. The summed E-state index contributed by atoms with van der Waals surface area (Å²) in [6, 6.07) is 8.39. The average molecular weight is 425 g/mol. The first-order chi connectivity index (χ1) is 14.6. The third-order valence-electron chi connectivity index (χ3n) is 5.85. The van der Waals surface area contributed by atoms with Gasteiger partial charge >= 0.3 is 0 Å². The molecule has 1 fully saturated rings. The average Bonchev–Trinajstić information content (AvgIpc) is 3.11. The number of carbonyl (C=O) groups is 1. The van der Waals surface area contributed by atoms with Crippen molar-refractivity contribution in [1.82, 2.24) is 14.9 Å². The second kappa shape index (κ2) is 9.00. The molecule has 1 amide bonds. The topological polar surface area (TPSA) is 67.3 Å². The molecule has 3 aromatic rings. The van der Waals surface area contributed by atoms with Gasteiger partial charge in [-0.15, -0.1) is 11.3 Å². The minimum Gasteiger partial charge on any atom is -0.497 e. The second-order valence-corrected chi connectivity index (χ2v) is 8.83. The van der Waals surface area contributed by atoms with E-state index in [9.17, 15) is 4.79 Å². The predicted octanol–water partition coefficient (Wildman–Crippen LogP) is 4.68. The minimum absolute atomic E-state index is 0.131. The van der Waals surface area contributed by atoms with E-state index in [0.29, 0.717) is 6.04 Å². The molecule has 0 aliphatic carbocycles. The lowest BCUT2D eigenvalue weighted by Gasteiger charge is -2.33. The van der Waals surface area contributed by atoms with Crippen LogP contribution in [0.1, 0.15) is 47.0 Å². The fourth-order valence-electron chi connectivity index (χ4n) is 4.06. The Balaban J connectivity index is 1.52. The van der Waals surface area contributed by atoms with E-state index in [2.05, 4.69) is 34.3 Å². The Morgan fingerprint density at radius 2 is 2.07 bits per heavy atom. The molecule has 30 heavy (non-hydrogen) atoms. The minimum atomic E-state index is 0.131. The number of hydrogen-bond acceptors (Lipinski definition) is 6. The number of likely N-dealkylation sites (tertiary alicyclic amines) is 1. The number of aromatic nitrogens is 2. The van der Waals surface area contributed by atoms with E-state index in [0.717, 1.165) is 64.6 Å². The van der Waals surface area contributed by atoms with E-state index in [4.69, 9.17) is 4.74 Å². The summed E-state index contributed by atoms with van der Waals surface area (Å²) in [5, 5.41) is 4.41. The number of nitrogens with one attached hydrogen (secondary N) is 1. The molecule has 0 radical (unpaired) electrons. The number of amides is 1. The van der Waals surface area contributed by atoms with Gasteiger partial charge in [0.1, 0.15) is 22.7 Å². The highest BCUT2D eigenvalue weighted by molar-refractivity contribution is 7.20. The van der Waals surface area contributed by atoms with Crippen molar-refractivity contribution in [3.63, 3.8) is 0 Å². The van der Waals surface area contributed by atoms with Crippen molar-refractivity contribution in [2.24, 2.45) is 0 Å². The van der Waals surface area contributed by atoms with Crippen molar-refractivity contribution < 1.29 is 9.53 Å². The lowest BCUT2D eigenvalue weighted by atomic mass is 10.0. The van der Waals surface area contributed by atoms with Gasteiger partial charge in [-0.25, -0.2) is 9.97 Å². The van der Waals surface area contributed by atoms with Crippen LogP contribution in [0.4, 0.5) is 5.82 Å². The molecule has 0 spiro atoms. The summed E-state index contributed by atoms with van der Waals surface area (Å²) in [7, 11) is 1.67. The first-order valence-corrected chi connectivity index (χ1v) is 11.3. The number of fused-ring (bicyclic) bond motifs is 1. The van der Waals surface area contributed by atoms with Crippen LogP contribution >= 0.6 is 11.3 Å². The molecule has 4 rings (SSSR count). The number of ether oxygens (including phenoxy) is 1. The highest BCUT2D eigenvalue weighted by Gasteiger charge is 2.28. The molecule has 0 bridgehead atoms. The fourth-order valence-corrected chi connectivity index (χ4v) is 5.16. The van der Waals surface area contributed by atoms with Crippen LogP contribution in [-0.4, -0.2) is 47.0 Å². The third kappa shape index (κ3) is 4.12. The number of rotatable bonds is 6. The molecule has 6 nitrogen and oxygen atoms in total. The fraction of sp³-hybridized carbons (Fsp3) is 0.435. The summed E-state index contributed by atoms with van der Waals surface area (Å²) in [5.41, 5.74) is 2.20. The lowest BCUT2D eigenvalue weighted by molar-refractivity contribution is 0.0640. The van der Waals surface area contributed by atoms with E-state index >= 15 is 0 Å². The maximum Gasteiger partial charge on any atom is 0.264 e. The van der Waals surface area contributed by atoms with Gasteiger partial charge in [0.15, 0.2) is 0 Å². The molecule has 1 atom stereocenters. The van der Waals surface area contributed by atoms with E-state index in [1.54, 1.807) is 13.4 Å². The van der Waals surface area contributed by atoms with Gasteiger partial charge in [0.2, 0.25) is 0 Å². The first kappa shape index (κ1) is 20.6. The number of aryl methyl sites for hydroxylation is 1. The first-order valence-electron chi connectivity index (χ1n) is 10.5. The molecule has 158 valence electrons. The summed E-state index contributed by atoms with van der Waals surface area (Å²) in [4.78, 5) is 25.8. The van der Waals surface area contributed by atoms with Gasteiger partial charge in [0, 0.05) is 19.1 Å². The smallest absolute Gasteiger partial charge is 0.264 e. The monoisotopic (exact) mass is 424 g/mol. The van der Waals surface area contributed by atoms with Crippen molar-refractivity contribution in [1.29, 1.82) is 0 Å². The van der Waals surface area contributed by atoms with Crippen LogP contribution in [0.3, 0.4) is 0 Å². The van der Waals surface area contributed by atoms with E-state index < -0.39 is 0 Å². The molecule has 1 N–H and O–H groups in total. The SMILES string of the molecule is COc1ccc(CCNc2ncnc3sc(C(=O)N4CCCC[C@@H]4C)c(C)c23)cc1. The van der Waals surface area contributed by atoms with Crippen molar-refractivity contribution in [2.75, 3.05) is 25.5 Å². The van der Waals surface area contributed by atoms with Crippen molar-refractivity contribution in [2.45, 2.75) is 45.6 Å². The van der Waals surface area contributed by atoms with E-state index in [1.165, 1.54) is 23.3 Å². The molecule has 0 saturated carbocycles.